The first-order valence-electron chi connectivity index (χ1n) is 6.58. The van der Waals surface area contributed by atoms with Gasteiger partial charge in [-0.2, -0.15) is 5.10 Å². The molecule has 0 amide bonds. The number of hydrogen-bond acceptors (Lipinski definition) is 4. The molecule has 1 N–H and O–H groups in total. The summed E-state index contributed by atoms with van der Waals surface area (Å²) in [4.78, 5) is 11.1. The SMILES string of the molecule is Cc1[nH]nc2c(N3CC(C)(C4CC4)C3)ncnc12. The van der Waals surface area contributed by atoms with E-state index in [9.17, 15) is 0 Å². The Hall–Kier alpha value is -1.65. The van der Waals surface area contributed by atoms with Gasteiger partial charge in [-0.1, -0.05) is 6.92 Å². The van der Waals surface area contributed by atoms with Gasteiger partial charge in [0.2, 0.25) is 0 Å². The minimum Gasteiger partial charge on any atom is -0.353 e. The van der Waals surface area contributed by atoms with Gasteiger partial charge in [0, 0.05) is 18.5 Å². The molecule has 2 aromatic heterocycles. The second kappa shape index (κ2) is 3.22. The number of aromatic nitrogens is 4. The summed E-state index contributed by atoms with van der Waals surface area (Å²) in [5.74, 6) is 1.93. The normalized spacial score (nSPS) is 22.2. The van der Waals surface area contributed by atoms with Crippen LogP contribution in [0.4, 0.5) is 5.82 Å². The van der Waals surface area contributed by atoms with Crippen LogP contribution < -0.4 is 4.90 Å². The zero-order valence-electron chi connectivity index (χ0n) is 10.8. The van der Waals surface area contributed by atoms with Crippen molar-refractivity contribution >= 4 is 16.9 Å². The van der Waals surface area contributed by atoms with Crippen molar-refractivity contribution in [3.05, 3.63) is 12.0 Å². The first-order valence-corrected chi connectivity index (χ1v) is 6.58. The summed E-state index contributed by atoms with van der Waals surface area (Å²) in [7, 11) is 0. The van der Waals surface area contributed by atoms with Crippen LogP contribution in [0.3, 0.4) is 0 Å². The molecule has 1 saturated carbocycles. The lowest BCUT2D eigenvalue weighted by molar-refractivity contribution is 0.202. The lowest BCUT2D eigenvalue weighted by Crippen LogP contribution is -2.56. The van der Waals surface area contributed by atoms with Gasteiger partial charge in [-0.05, 0) is 25.7 Å². The van der Waals surface area contributed by atoms with Crippen molar-refractivity contribution in [3.63, 3.8) is 0 Å². The van der Waals surface area contributed by atoms with Gasteiger partial charge in [0.1, 0.15) is 11.8 Å². The molecule has 2 aromatic rings. The molecule has 1 aliphatic heterocycles. The Balaban J connectivity index is 1.68. The zero-order valence-corrected chi connectivity index (χ0v) is 10.8. The number of nitrogens with zero attached hydrogens (tertiary/aromatic N) is 4. The van der Waals surface area contributed by atoms with E-state index in [2.05, 4.69) is 32.0 Å². The van der Waals surface area contributed by atoms with Crippen LogP contribution in [-0.4, -0.2) is 33.3 Å². The van der Waals surface area contributed by atoms with E-state index in [1.54, 1.807) is 6.33 Å². The van der Waals surface area contributed by atoms with Crippen LogP contribution in [0.1, 0.15) is 25.5 Å². The number of aryl methyl sites for hydroxylation is 1. The van der Waals surface area contributed by atoms with E-state index in [1.807, 2.05) is 6.92 Å². The standard InChI is InChI=1S/C13H17N5/c1-8-10-11(17-16-8)12(15-7-14-10)18-5-13(2,6-18)9-3-4-9/h7,9H,3-6H2,1-2H3,(H,16,17). The average Bonchev–Trinajstić information content (AvgIpc) is 3.11. The minimum atomic E-state index is 0.503. The number of aromatic amines is 1. The molecule has 2 aliphatic rings. The Bertz CT molecular complexity index is 607. The second-order valence-electron chi connectivity index (χ2n) is 6.03. The van der Waals surface area contributed by atoms with Gasteiger partial charge in [-0.3, -0.25) is 5.10 Å². The van der Waals surface area contributed by atoms with E-state index in [0.29, 0.717) is 5.41 Å². The van der Waals surface area contributed by atoms with Crippen LogP contribution >= 0.6 is 0 Å². The van der Waals surface area contributed by atoms with Crippen LogP contribution in [0.25, 0.3) is 11.0 Å². The molecule has 4 rings (SSSR count). The average molecular weight is 243 g/mol. The van der Waals surface area contributed by atoms with Gasteiger partial charge in [0.05, 0.1) is 5.69 Å². The van der Waals surface area contributed by atoms with Gasteiger partial charge < -0.3 is 4.90 Å². The highest BCUT2D eigenvalue weighted by atomic mass is 15.3. The van der Waals surface area contributed by atoms with Crippen LogP contribution in [0, 0.1) is 18.3 Å². The molecule has 0 bridgehead atoms. The Morgan fingerprint density at radius 3 is 2.78 bits per heavy atom. The quantitative estimate of drug-likeness (QED) is 0.875. The van der Waals surface area contributed by atoms with Crippen LogP contribution in [0.2, 0.25) is 0 Å². The molecule has 5 heteroatoms. The lowest BCUT2D eigenvalue weighted by Gasteiger charge is -2.49. The third-order valence-corrected chi connectivity index (χ3v) is 4.46. The Morgan fingerprint density at radius 1 is 1.28 bits per heavy atom. The first kappa shape index (κ1) is 10.3. The van der Waals surface area contributed by atoms with Gasteiger partial charge in [0.15, 0.2) is 11.3 Å². The summed E-state index contributed by atoms with van der Waals surface area (Å²) in [5.41, 5.74) is 3.37. The third-order valence-electron chi connectivity index (χ3n) is 4.46. The fourth-order valence-corrected chi connectivity index (χ4v) is 3.18. The Kier molecular flexibility index (Phi) is 1.84. The molecule has 0 radical (unpaired) electrons. The predicted octanol–water partition coefficient (Wildman–Crippen LogP) is 1.90. The number of H-pyrrole nitrogens is 1. The van der Waals surface area contributed by atoms with Crippen molar-refractivity contribution in [2.45, 2.75) is 26.7 Å². The molecule has 3 heterocycles. The maximum absolute atomic E-state index is 4.42. The van der Waals surface area contributed by atoms with Crippen LogP contribution in [0.15, 0.2) is 6.33 Å². The molecule has 0 aromatic carbocycles. The highest BCUT2D eigenvalue weighted by Crippen LogP contribution is 2.51. The number of anilines is 1. The fraction of sp³-hybridized carbons (Fsp3) is 0.615. The zero-order chi connectivity index (χ0) is 12.3. The highest BCUT2D eigenvalue weighted by molar-refractivity contribution is 5.87. The Labute approximate surface area is 106 Å². The van der Waals surface area contributed by atoms with E-state index >= 15 is 0 Å². The minimum absolute atomic E-state index is 0.503. The molecule has 18 heavy (non-hydrogen) atoms. The molecule has 1 aliphatic carbocycles. The first-order chi connectivity index (χ1) is 8.67. The largest absolute Gasteiger partial charge is 0.353 e. The summed E-state index contributed by atoms with van der Waals surface area (Å²) < 4.78 is 0. The monoisotopic (exact) mass is 243 g/mol. The second-order valence-corrected chi connectivity index (χ2v) is 6.03. The molecule has 94 valence electrons. The van der Waals surface area contributed by atoms with E-state index in [-0.39, 0.29) is 0 Å². The smallest absolute Gasteiger partial charge is 0.160 e. The van der Waals surface area contributed by atoms with Crippen molar-refractivity contribution < 1.29 is 0 Å². The van der Waals surface area contributed by atoms with E-state index in [4.69, 9.17) is 0 Å². The van der Waals surface area contributed by atoms with Crippen molar-refractivity contribution in [3.8, 4) is 0 Å². The number of rotatable bonds is 2. The van der Waals surface area contributed by atoms with Crippen molar-refractivity contribution in [1.29, 1.82) is 0 Å². The lowest BCUT2D eigenvalue weighted by atomic mass is 9.77. The number of hydrogen-bond donors (Lipinski definition) is 1. The number of fused-ring (bicyclic) bond motifs is 1. The maximum atomic E-state index is 4.42. The molecule has 0 spiro atoms. The Morgan fingerprint density at radius 2 is 2.06 bits per heavy atom. The van der Waals surface area contributed by atoms with E-state index < -0.39 is 0 Å². The predicted molar refractivity (Wildman–Crippen MR) is 69.5 cm³/mol. The molecule has 2 fully saturated rings. The summed E-state index contributed by atoms with van der Waals surface area (Å²) in [5, 5.41) is 7.33. The summed E-state index contributed by atoms with van der Waals surface area (Å²) in [6, 6.07) is 0. The van der Waals surface area contributed by atoms with Gasteiger partial charge in [-0.25, -0.2) is 9.97 Å². The number of nitrogens with one attached hydrogen (secondary N) is 1. The van der Waals surface area contributed by atoms with Crippen molar-refractivity contribution in [2.75, 3.05) is 18.0 Å². The molecule has 1 saturated heterocycles. The highest BCUT2D eigenvalue weighted by Gasteiger charge is 2.50. The molecular formula is C13H17N5. The van der Waals surface area contributed by atoms with Gasteiger partial charge in [0.25, 0.3) is 0 Å². The van der Waals surface area contributed by atoms with Crippen LogP contribution in [-0.2, 0) is 0 Å². The summed E-state index contributed by atoms with van der Waals surface area (Å²) in [6.45, 7) is 6.61. The molecular weight excluding hydrogens is 226 g/mol. The fourth-order valence-electron chi connectivity index (χ4n) is 3.18. The molecule has 5 nitrogen and oxygen atoms in total. The summed E-state index contributed by atoms with van der Waals surface area (Å²) >= 11 is 0. The van der Waals surface area contributed by atoms with Crippen molar-refractivity contribution in [1.82, 2.24) is 20.2 Å². The van der Waals surface area contributed by atoms with Crippen molar-refractivity contribution in [2.24, 2.45) is 11.3 Å². The summed E-state index contributed by atoms with van der Waals surface area (Å²) in [6.07, 6.45) is 4.46. The van der Waals surface area contributed by atoms with E-state index in [1.165, 1.54) is 12.8 Å². The van der Waals surface area contributed by atoms with E-state index in [0.717, 1.165) is 41.6 Å². The van der Waals surface area contributed by atoms with Gasteiger partial charge >= 0.3 is 0 Å². The van der Waals surface area contributed by atoms with Crippen LogP contribution in [0.5, 0.6) is 0 Å². The van der Waals surface area contributed by atoms with Gasteiger partial charge in [-0.15, -0.1) is 0 Å². The topological polar surface area (TPSA) is 57.7 Å². The molecule has 0 atom stereocenters. The molecule has 0 unspecified atom stereocenters. The third kappa shape index (κ3) is 1.30. The maximum Gasteiger partial charge on any atom is 0.160 e.